The van der Waals surface area contributed by atoms with E-state index in [2.05, 4.69) is 5.32 Å². The van der Waals surface area contributed by atoms with Crippen molar-refractivity contribution in [2.24, 2.45) is 5.73 Å². The number of amides is 1. The Morgan fingerprint density at radius 2 is 2.00 bits per heavy atom. The highest BCUT2D eigenvalue weighted by molar-refractivity contribution is 8.00. The van der Waals surface area contributed by atoms with Gasteiger partial charge >= 0.3 is 0 Å². The van der Waals surface area contributed by atoms with Crippen molar-refractivity contribution in [3.8, 4) is 0 Å². The number of benzene rings is 1. The summed E-state index contributed by atoms with van der Waals surface area (Å²) in [7, 11) is 0. The zero-order valence-electron chi connectivity index (χ0n) is 10.7. The van der Waals surface area contributed by atoms with E-state index >= 15 is 0 Å². The molecule has 0 aliphatic rings. The molecule has 0 fully saturated rings. The third-order valence-electron chi connectivity index (χ3n) is 2.47. The quantitative estimate of drug-likeness (QED) is 0.622. The van der Waals surface area contributed by atoms with E-state index in [0.29, 0.717) is 17.2 Å². The zero-order chi connectivity index (χ0) is 13.5. The number of hydrogen-bond acceptors (Lipinski definition) is 3. The molecule has 98 valence electrons. The Bertz CT molecular complexity index is 426. The normalized spacial score (nSPS) is 10.1. The lowest BCUT2D eigenvalue weighted by Gasteiger charge is -2.11. The van der Waals surface area contributed by atoms with Crippen molar-refractivity contribution >= 4 is 40.6 Å². The Balaban J connectivity index is 2.43. The molecule has 1 aromatic rings. The second-order valence-electron chi connectivity index (χ2n) is 4.08. The number of nitrogens with two attached hydrogens (primary N) is 1. The summed E-state index contributed by atoms with van der Waals surface area (Å²) in [5.74, 6) is 1.23. The fourth-order valence-electron chi connectivity index (χ4n) is 1.52. The van der Waals surface area contributed by atoms with E-state index in [9.17, 15) is 4.79 Å². The van der Waals surface area contributed by atoms with Crippen LogP contribution in [0.25, 0.3) is 0 Å². The molecule has 0 aliphatic heterocycles. The predicted octanol–water partition coefficient (Wildman–Crippen LogP) is 2.65. The zero-order valence-corrected chi connectivity index (χ0v) is 12.3. The van der Waals surface area contributed by atoms with Crippen molar-refractivity contribution in [3.63, 3.8) is 0 Å². The van der Waals surface area contributed by atoms with E-state index in [-0.39, 0.29) is 5.91 Å². The van der Waals surface area contributed by atoms with Crippen LogP contribution in [0.1, 0.15) is 17.5 Å². The van der Waals surface area contributed by atoms with Gasteiger partial charge < -0.3 is 11.1 Å². The second-order valence-corrected chi connectivity index (χ2v) is 5.71. The molecule has 0 bridgehead atoms. The molecule has 0 radical (unpaired) electrons. The summed E-state index contributed by atoms with van der Waals surface area (Å²) < 4.78 is 0. The van der Waals surface area contributed by atoms with Gasteiger partial charge in [-0.15, -0.1) is 0 Å². The van der Waals surface area contributed by atoms with Crippen LogP contribution in [-0.4, -0.2) is 22.4 Å². The number of thiocarbonyl (C=S) groups is 1. The summed E-state index contributed by atoms with van der Waals surface area (Å²) >= 11 is 6.32. The molecule has 0 heterocycles. The summed E-state index contributed by atoms with van der Waals surface area (Å²) in [4.78, 5) is 12.3. The molecule has 0 saturated carbocycles. The van der Waals surface area contributed by atoms with Gasteiger partial charge in [-0.05, 0) is 25.0 Å². The summed E-state index contributed by atoms with van der Waals surface area (Å²) in [6.07, 6.45) is 0.677. The van der Waals surface area contributed by atoms with E-state index in [1.165, 1.54) is 0 Å². The second kappa shape index (κ2) is 7.38. The van der Waals surface area contributed by atoms with Crippen LogP contribution < -0.4 is 11.1 Å². The first-order valence-electron chi connectivity index (χ1n) is 5.73. The molecule has 1 amide bonds. The van der Waals surface area contributed by atoms with Gasteiger partial charge in [-0.25, -0.2) is 0 Å². The van der Waals surface area contributed by atoms with Gasteiger partial charge in [0, 0.05) is 17.9 Å². The minimum Gasteiger partial charge on any atom is -0.393 e. The number of carbonyl (C=O) groups excluding carboxylic acids is 1. The fourth-order valence-corrected chi connectivity index (χ4v) is 2.52. The first-order valence-corrected chi connectivity index (χ1v) is 7.29. The van der Waals surface area contributed by atoms with Gasteiger partial charge in [0.1, 0.15) is 0 Å². The number of anilines is 1. The highest BCUT2D eigenvalue weighted by Gasteiger charge is 2.07. The van der Waals surface area contributed by atoms with Crippen LogP contribution in [0, 0.1) is 13.8 Å². The van der Waals surface area contributed by atoms with Crippen molar-refractivity contribution in [1.82, 2.24) is 0 Å². The minimum atomic E-state index is 0.0142. The molecule has 1 rings (SSSR count). The first kappa shape index (κ1) is 15.0. The Labute approximate surface area is 118 Å². The fraction of sp³-hybridized carbons (Fsp3) is 0.385. The number of nitrogens with one attached hydrogen (secondary N) is 1. The lowest BCUT2D eigenvalue weighted by molar-refractivity contribution is -0.113. The number of para-hydroxylation sites is 1. The average molecular weight is 282 g/mol. The molecule has 0 unspecified atom stereocenters. The average Bonchev–Trinajstić information content (AvgIpc) is 2.29. The van der Waals surface area contributed by atoms with Crippen molar-refractivity contribution in [3.05, 3.63) is 29.3 Å². The maximum atomic E-state index is 11.8. The highest BCUT2D eigenvalue weighted by atomic mass is 32.2. The van der Waals surface area contributed by atoms with Crippen LogP contribution in [-0.2, 0) is 4.79 Å². The molecule has 0 aliphatic carbocycles. The van der Waals surface area contributed by atoms with Crippen LogP contribution >= 0.6 is 24.0 Å². The summed E-state index contributed by atoms with van der Waals surface area (Å²) in [6.45, 7) is 3.98. The van der Waals surface area contributed by atoms with Gasteiger partial charge in [0.2, 0.25) is 5.91 Å². The molecular weight excluding hydrogens is 264 g/mol. The molecule has 0 aromatic heterocycles. The van der Waals surface area contributed by atoms with Crippen molar-refractivity contribution in [2.75, 3.05) is 16.8 Å². The predicted molar refractivity (Wildman–Crippen MR) is 83.3 cm³/mol. The van der Waals surface area contributed by atoms with Gasteiger partial charge in [0.15, 0.2) is 0 Å². The number of aryl methyl sites for hydroxylation is 2. The summed E-state index contributed by atoms with van der Waals surface area (Å²) in [5.41, 5.74) is 8.46. The number of thioether (sulfide) groups is 1. The van der Waals surface area contributed by atoms with Gasteiger partial charge in [-0.1, -0.05) is 30.4 Å². The maximum Gasteiger partial charge on any atom is 0.234 e. The number of hydrogen-bond donors (Lipinski definition) is 2. The van der Waals surface area contributed by atoms with Crippen LogP contribution in [0.5, 0.6) is 0 Å². The molecule has 3 nitrogen and oxygen atoms in total. The standard InChI is InChI=1S/C13H18N2OS2/c1-9-4-3-5-10(2)13(9)15-12(16)8-18-7-6-11(14)17/h3-5H,6-8H2,1-2H3,(H2,14,17)(H,15,16). The van der Waals surface area contributed by atoms with Crippen molar-refractivity contribution in [1.29, 1.82) is 0 Å². The third kappa shape index (κ3) is 5.06. The molecule has 0 saturated heterocycles. The SMILES string of the molecule is Cc1cccc(C)c1NC(=O)CSCCC(N)=S. The molecule has 18 heavy (non-hydrogen) atoms. The molecule has 3 N–H and O–H groups in total. The number of carbonyl (C=O) groups is 1. The van der Waals surface area contributed by atoms with Gasteiger partial charge in [-0.3, -0.25) is 4.79 Å². The lowest BCUT2D eigenvalue weighted by Crippen LogP contribution is -2.16. The van der Waals surface area contributed by atoms with Gasteiger partial charge in [-0.2, -0.15) is 11.8 Å². The Hall–Kier alpha value is -1.07. The first-order chi connectivity index (χ1) is 8.50. The Morgan fingerprint density at radius 3 is 2.56 bits per heavy atom. The van der Waals surface area contributed by atoms with E-state index < -0.39 is 0 Å². The van der Waals surface area contributed by atoms with E-state index in [0.717, 1.165) is 22.6 Å². The topological polar surface area (TPSA) is 55.1 Å². The highest BCUT2D eigenvalue weighted by Crippen LogP contribution is 2.19. The lowest BCUT2D eigenvalue weighted by atomic mass is 10.1. The van der Waals surface area contributed by atoms with E-state index in [4.69, 9.17) is 18.0 Å². The third-order valence-corrected chi connectivity index (χ3v) is 3.63. The molecule has 0 atom stereocenters. The van der Waals surface area contributed by atoms with Gasteiger partial charge in [0.25, 0.3) is 0 Å². The summed E-state index contributed by atoms with van der Waals surface area (Å²) in [6, 6.07) is 5.96. The van der Waals surface area contributed by atoms with Crippen LogP contribution in [0.3, 0.4) is 0 Å². The number of rotatable bonds is 6. The Morgan fingerprint density at radius 1 is 1.39 bits per heavy atom. The molecular formula is C13H18N2OS2. The molecule has 0 spiro atoms. The largest absolute Gasteiger partial charge is 0.393 e. The maximum absolute atomic E-state index is 11.8. The monoisotopic (exact) mass is 282 g/mol. The van der Waals surface area contributed by atoms with Crippen LogP contribution in [0.2, 0.25) is 0 Å². The summed E-state index contributed by atoms with van der Waals surface area (Å²) in [5, 5.41) is 2.94. The van der Waals surface area contributed by atoms with Gasteiger partial charge in [0.05, 0.1) is 10.7 Å². The van der Waals surface area contributed by atoms with Crippen molar-refractivity contribution < 1.29 is 4.79 Å². The smallest absolute Gasteiger partial charge is 0.234 e. The minimum absolute atomic E-state index is 0.0142. The molecule has 5 heteroatoms. The Kier molecular flexibility index (Phi) is 6.15. The van der Waals surface area contributed by atoms with Crippen molar-refractivity contribution in [2.45, 2.75) is 20.3 Å². The van der Waals surface area contributed by atoms with Crippen LogP contribution in [0.4, 0.5) is 5.69 Å². The van der Waals surface area contributed by atoms with E-state index in [1.54, 1.807) is 11.8 Å². The molecule has 1 aromatic carbocycles. The van der Waals surface area contributed by atoms with E-state index in [1.807, 2.05) is 32.0 Å². The van der Waals surface area contributed by atoms with Crippen LogP contribution in [0.15, 0.2) is 18.2 Å².